The average Bonchev–Trinajstić information content (AvgIpc) is 3.80. The van der Waals surface area contributed by atoms with Crippen LogP contribution in [0.2, 0.25) is 10.0 Å². The number of ether oxygens (including phenoxy) is 5. The Bertz CT molecular complexity index is 1590. The summed E-state index contributed by atoms with van der Waals surface area (Å²) in [7, 11) is 2.74. The molecular formula is C30H26Cl2F2N2O9. The number of benzene rings is 2. The van der Waals surface area contributed by atoms with Gasteiger partial charge < -0.3 is 28.9 Å². The second kappa shape index (κ2) is 13.3. The highest BCUT2D eigenvalue weighted by molar-refractivity contribution is 6.35. The molecule has 0 radical (unpaired) electrons. The molecule has 2 amide bonds. The van der Waals surface area contributed by atoms with Crippen LogP contribution in [0, 0.1) is 11.1 Å². The van der Waals surface area contributed by atoms with Gasteiger partial charge in [-0.2, -0.15) is 13.5 Å². The summed E-state index contributed by atoms with van der Waals surface area (Å²) in [4.78, 5) is 40.3. The minimum Gasteiger partial charge on any atom is -0.619 e. The van der Waals surface area contributed by atoms with Crippen molar-refractivity contribution in [2.75, 3.05) is 27.4 Å². The first-order chi connectivity index (χ1) is 21.5. The topological polar surface area (TPSA) is 128 Å². The molecule has 5 rings (SSSR count). The third-order valence-electron chi connectivity index (χ3n) is 7.21. The van der Waals surface area contributed by atoms with Gasteiger partial charge in [-0.25, -0.2) is 0 Å². The van der Waals surface area contributed by atoms with Gasteiger partial charge in [0.15, 0.2) is 35.4 Å². The van der Waals surface area contributed by atoms with E-state index in [1.165, 1.54) is 44.6 Å². The fourth-order valence-electron chi connectivity index (χ4n) is 4.75. The lowest BCUT2D eigenvalue weighted by Gasteiger charge is -2.22. The van der Waals surface area contributed by atoms with E-state index in [4.69, 9.17) is 42.1 Å². The maximum atomic E-state index is 13.3. The quantitative estimate of drug-likeness (QED) is 0.105. The van der Waals surface area contributed by atoms with Crippen LogP contribution in [0.1, 0.15) is 50.8 Å². The van der Waals surface area contributed by atoms with Crippen LogP contribution in [-0.2, 0) is 16.0 Å². The van der Waals surface area contributed by atoms with Crippen LogP contribution in [-0.4, -0.2) is 56.7 Å². The first-order valence-electron chi connectivity index (χ1n) is 13.6. The molecule has 238 valence electrons. The summed E-state index contributed by atoms with van der Waals surface area (Å²) in [6.07, 6.45) is 2.64. The summed E-state index contributed by atoms with van der Waals surface area (Å²) < 4.78 is 53.2. The number of imide groups is 1. The molecule has 0 bridgehead atoms. The molecule has 1 saturated carbocycles. The van der Waals surface area contributed by atoms with Crippen LogP contribution in [0.25, 0.3) is 0 Å². The fourth-order valence-corrected chi connectivity index (χ4v) is 5.34. The zero-order chi connectivity index (χ0) is 32.4. The second-order valence-electron chi connectivity index (χ2n) is 10.3. The van der Waals surface area contributed by atoms with Crippen LogP contribution in [0.15, 0.2) is 42.7 Å². The second-order valence-corrected chi connectivity index (χ2v) is 11.1. The maximum Gasteiger partial charge on any atom is 0.387 e. The van der Waals surface area contributed by atoms with Crippen molar-refractivity contribution in [3.63, 3.8) is 0 Å². The van der Waals surface area contributed by atoms with Crippen LogP contribution >= 0.6 is 23.2 Å². The molecule has 1 unspecified atom stereocenters. The van der Waals surface area contributed by atoms with Crippen molar-refractivity contribution in [3.8, 4) is 23.0 Å². The summed E-state index contributed by atoms with van der Waals surface area (Å²) in [5, 5.41) is 11.8. The molecule has 1 aromatic heterocycles. The predicted octanol–water partition coefficient (Wildman–Crippen LogP) is 5.16. The summed E-state index contributed by atoms with van der Waals surface area (Å²) in [5.41, 5.74) is 0.556. The summed E-state index contributed by atoms with van der Waals surface area (Å²) >= 11 is 12.6. The Labute approximate surface area is 265 Å². The van der Waals surface area contributed by atoms with Crippen molar-refractivity contribution in [1.82, 2.24) is 4.90 Å². The van der Waals surface area contributed by atoms with Crippen molar-refractivity contribution in [2.45, 2.75) is 32.0 Å². The van der Waals surface area contributed by atoms with E-state index < -0.39 is 37.0 Å². The van der Waals surface area contributed by atoms with Crippen molar-refractivity contribution in [3.05, 3.63) is 80.2 Å². The van der Waals surface area contributed by atoms with Gasteiger partial charge >= 0.3 is 12.6 Å². The Kier molecular flexibility index (Phi) is 9.49. The molecule has 3 aromatic rings. The molecule has 1 aliphatic heterocycles. The van der Waals surface area contributed by atoms with E-state index in [9.17, 15) is 28.4 Å². The Morgan fingerprint density at radius 3 is 2.11 bits per heavy atom. The molecule has 11 nitrogen and oxygen atoms in total. The fraction of sp³-hybridized carbons (Fsp3) is 0.333. The number of esters is 1. The minimum atomic E-state index is -3.12. The number of hydrogen-bond acceptors (Lipinski definition) is 9. The van der Waals surface area contributed by atoms with E-state index >= 15 is 0 Å². The van der Waals surface area contributed by atoms with Gasteiger partial charge in [-0.05, 0) is 48.6 Å². The summed E-state index contributed by atoms with van der Waals surface area (Å²) in [6.45, 7) is -3.61. The van der Waals surface area contributed by atoms with E-state index in [1.807, 2.05) is 0 Å². The van der Waals surface area contributed by atoms with Gasteiger partial charge in [0, 0.05) is 12.0 Å². The third kappa shape index (κ3) is 7.15. The number of carbonyl (C=O) groups is 3. The van der Waals surface area contributed by atoms with Crippen LogP contribution in [0.5, 0.6) is 23.0 Å². The molecule has 15 heteroatoms. The van der Waals surface area contributed by atoms with Crippen molar-refractivity contribution >= 4 is 41.0 Å². The van der Waals surface area contributed by atoms with Crippen molar-refractivity contribution in [2.24, 2.45) is 5.92 Å². The number of hydrogen-bond donors (Lipinski definition) is 0. The number of rotatable bonds is 13. The minimum absolute atomic E-state index is 0.00773. The van der Waals surface area contributed by atoms with Crippen LogP contribution < -0.4 is 23.7 Å². The SMILES string of the molecule is COc1cc2c(cc1OC)C(=O)N(CC(=O)OC(Cc1c(Cl)c[n+]([O-])cc1Cl)c1ccc(OC(F)F)c(OCC3CC3)c1)C2=O. The van der Waals surface area contributed by atoms with Crippen LogP contribution in [0.4, 0.5) is 8.78 Å². The van der Waals surface area contributed by atoms with Gasteiger partial charge in [-0.1, -0.05) is 29.3 Å². The number of fused-ring (bicyclic) bond motifs is 1. The number of pyridine rings is 1. The Morgan fingerprint density at radius 1 is 0.978 bits per heavy atom. The summed E-state index contributed by atoms with van der Waals surface area (Å²) in [6, 6.07) is 6.71. The first kappa shape index (κ1) is 32.0. The maximum absolute atomic E-state index is 13.3. The highest BCUT2D eigenvalue weighted by atomic mass is 35.5. The largest absolute Gasteiger partial charge is 0.619 e. The Morgan fingerprint density at radius 2 is 1.58 bits per heavy atom. The number of alkyl halides is 2. The molecule has 2 heterocycles. The number of nitrogens with zero attached hydrogens (tertiary/aromatic N) is 2. The van der Waals surface area contributed by atoms with E-state index in [-0.39, 0.29) is 74.2 Å². The molecule has 1 aliphatic carbocycles. The lowest BCUT2D eigenvalue weighted by Crippen LogP contribution is -2.36. The lowest BCUT2D eigenvalue weighted by atomic mass is 10.0. The van der Waals surface area contributed by atoms with Crippen molar-refractivity contribution < 1.29 is 51.6 Å². The standard InChI is InChI=1S/C30H26Cl2F2N2O9/c1-41-24-8-17-18(9-25(24)42-2)29(39)36(28(17)38)13-27(37)44-23(10-19-20(31)11-35(40)12-21(19)32)16-5-6-22(45-30(33)34)26(7-16)43-14-15-3-4-15/h5-9,11-12,15,23,30H,3-4,10,13-14H2,1-2H3. The predicted molar refractivity (Wildman–Crippen MR) is 154 cm³/mol. The third-order valence-corrected chi connectivity index (χ3v) is 7.86. The number of halogens is 4. The molecule has 2 aliphatic rings. The van der Waals surface area contributed by atoms with Gasteiger partial charge in [0.2, 0.25) is 0 Å². The van der Waals surface area contributed by atoms with E-state index in [0.717, 1.165) is 30.1 Å². The van der Waals surface area contributed by atoms with Crippen molar-refractivity contribution in [1.29, 1.82) is 0 Å². The van der Waals surface area contributed by atoms with Gasteiger partial charge in [0.1, 0.15) is 22.7 Å². The Balaban J connectivity index is 1.43. The molecule has 1 atom stereocenters. The van der Waals surface area contributed by atoms with E-state index in [0.29, 0.717) is 4.73 Å². The molecule has 1 fully saturated rings. The summed E-state index contributed by atoms with van der Waals surface area (Å²) in [5.74, 6) is -1.99. The lowest BCUT2D eigenvalue weighted by molar-refractivity contribution is -0.605. The van der Waals surface area contributed by atoms with E-state index in [2.05, 4.69) is 4.74 Å². The highest BCUT2D eigenvalue weighted by Crippen LogP contribution is 2.39. The smallest absolute Gasteiger partial charge is 0.387 e. The van der Waals surface area contributed by atoms with Gasteiger partial charge in [0.25, 0.3) is 11.8 Å². The molecule has 45 heavy (non-hydrogen) atoms. The molecular weight excluding hydrogens is 641 g/mol. The number of amides is 2. The number of carbonyl (C=O) groups excluding carboxylic acids is 3. The average molecular weight is 667 g/mol. The zero-order valence-electron chi connectivity index (χ0n) is 23.9. The number of methoxy groups -OCH3 is 2. The number of aromatic nitrogens is 1. The normalized spacial score (nSPS) is 14.8. The molecule has 2 aromatic carbocycles. The van der Waals surface area contributed by atoms with Gasteiger partial charge in [0.05, 0.1) is 32.0 Å². The monoisotopic (exact) mass is 666 g/mol. The van der Waals surface area contributed by atoms with Gasteiger partial charge in [-0.3, -0.25) is 19.3 Å². The first-order valence-corrected chi connectivity index (χ1v) is 14.3. The zero-order valence-corrected chi connectivity index (χ0v) is 25.4. The van der Waals surface area contributed by atoms with Crippen LogP contribution in [0.3, 0.4) is 0 Å². The van der Waals surface area contributed by atoms with E-state index in [1.54, 1.807) is 0 Å². The molecule has 0 spiro atoms. The molecule has 0 saturated heterocycles. The highest BCUT2D eigenvalue weighted by Gasteiger charge is 2.39. The Hall–Kier alpha value is -4.36. The molecule has 0 N–H and O–H groups in total. The van der Waals surface area contributed by atoms with Gasteiger partial charge in [-0.15, -0.1) is 0 Å².